The Balaban J connectivity index is 0. The van der Waals surface area contributed by atoms with E-state index in [4.69, 9.17) is 5.73 Å². The highest BCUT2D eigenvalue weighted by Gasteiger charge is 1.90. The third kappa shape index (κ3) is 10.7. The maximum Gasteiger partial charge on any atom is 0.148 e. The van der Waals surface area contributed by atoms with Gasteiger partial charge in [-0.25, -0.2) is 4.39 Å². The van der Waals surface area contributed by atoms with E-state index in [2.05, 4.69) is 0 Å². The first kappa shape index (κ1) is 9.97. The number of hydrogen-bond acceptors (Lipinski definition) is 1. The van der Waals surface area contributed by atoms with Crippen molar-refractivity contribution < 1.29 is 9.87 Å². The van der Waals surface area contributed by atoms with Gasteiger partial charge in [0.05, 0.1) is 0 Å². The van der Waals surface area contributed by atoms with Crippen LogP contribution < -0.4 is 5.73 Å². The smallest absolute Gasteiger partial charge is 0.148 e. The minimum Gasteiger partial charge on any atom is -0.412 e. The first-order chi connectivity index (χ1) is 2.77. The molecule has 0 aromatic rings. The van der Waals surface area contributed by atoms with E-state index in [0.717, 1.165) is 6.42 Å². The van der Waals surface area contributed by atoms with Gasteiger partial charge in [-0.15, -0.1) is 0 Å². The molecule has 0 aromatic heterocycles. The zero-order valence-electron chi connectivity index (χ0n) is 4.45. The standard InChI is InChI=1S/C4H10FN.H2O/c1-2-3-4(5)6;/h4H,2-3,6H2,1H3;1H2. The van der Waals surface area contributed by atoms with Crippen LogP contribution in [0.5, 0.6) is 0 Å². The molecule has 4 N–H and O–H groups in total. The van der Waals surface area contributed by atoms with Gasteiger partial charge >= 0.3 is 0 Å². The van der Waals surface area contributed by atoms with E-state index in [9.17, 15) is 4.39 Å². The van der Waals surface area contributed by atoms with Gasteiger partial charge in [0.1, 0.15) is 6.30 Å². The van der Waals surface area contributed by atoms with Crippen molar-refractivity contribution in [3.8, 4) is 0 Å². The van der Waals surface area contributed by atoms with E-state index in [1.807, 2.05) is 6.92 Å². The Morgan fingerprint density at radius 2 is 2.14 bits per heavy atom. The van der Waals surface area contributed by atoms with E-state index in [0.29, 0.717) is 6.42 Å². The van der Waals surface area contributed by atoms with Crippen LogP contribution in [0.1, 0.15) is 19.8 Å². The lowest BCUT2D eigenvalue weighted by atomic mass is 10.3. The average molecular weight is 109 g/mol. The molecule has 0 aliphatic heterocycles. The van der Waals surface area contributed by atoms with Crippen molar-refractivity contribution in [3.63, 3.8) is 0 Å². The van der Waals surface area contributed by atoms with Crippen LogP contribution in [0, 0.1) is 0 Å². The summed E-state index contributed by atoms with van der Waals surface area (Å²) in [4.78, 5) is 0. The summed E-state index contributed by atoms with van der Waals surface area (Å²) < 4.78 is 11.5. The van der Waals surface area contributed by atoms with E-state index < -0.39 is 6.30 Å². The fraction of sp³-hybridized carbons (Fsp3) is 1.00. The molecule has 46 valence electrons. The largest absolute Gasteiger partial charge is 0.412 e. The third-order valence-electron chi connectivity index (χ3n) is 0.564. The normalized spacial score (nSPS) is 12.4. The van der Waals surface area contributed by atoms with Gasteiger partial charge in [0.25, 0.3) is 0 Å². The Labute approximate surface area is 42.8 Å². The van der Waals surface area contributed by atoms with Crippen molar-refractivity contribution in [2.45, 2.75) is 26.1 Å². The van der Waals surface area contributed by atoms with E-state index in [1.54, 1.807) is 0 Å². The first-order valence-electron chi connectivity index (χ1n) is 2.17. The Kier molecular flexibility index (Phi) is 8.33. The van der Waals surface area contributed by atoms with Crippen molar-refractivity contribution in [1.82, 2.24) is 0 Å². The fourth-order valence-corrected chi connectivity index (χ4v) is 0.276. The Hall–Kier alpha value is -0.150. The highest BCUT2D eigenvalue weighted by atomic mass is 19.1. The van der Waals surface area contributed by atoms with Crippen molar-refractivity contribution in [1.29, 1.82) is 0 Å². The van der Waals surface area contributed by atoms with Crippen molar-refractivity contribution in [2.75, 3.05) is 0 Å². The SMILES string of the molecule is CCCC(N)F.O. The molecule has 0 bridgehead atoms. The summed E-state index contributed by atoms with van der Waals surface area (Å²) in [5, 5.41) is 0. The van der Waals surface area contributed by atoms with Crippen LogP contribution in [-0.4, -0.2) is 11.8 Å². The van der Waals surface area contributed by atoms with Crippen LogP contribution in [0.15, 0.2) is 0 Å². The summed E-state index contributed by atoms with van der Waals surface area (Å²) in [5.74, 6) is 0. The number of hydrogen-bond donors (Lipinski definition) is 1. The maximum absolute atomic E-state index is 11.5. The summed E-state index contributed by atoms with van der Waals surface area (Å²) in [7, 11) is 0. The van der Waals surface area contributed by atoms with Crippen LogP contribution in [0.25, 0.3) is 0 Å². The molecule has 0 aliphatic carbocycles. The van der Waals surface area contributed by atoms with Gasteiger partial charge in [-0.2, -0.15) is 0 Å². The summed E-state index contributed by atoms with van der Waals surface area (Å²) in [6, 6.07) is 0. The van der Waals surface area contributed by atoms with Crippen LogP contribution in [0.3, 0.4) is 0 Å². The molecular formula is C4H12FNO. The lowest BCUT2D eigenvalue weighted by Crippen LogP contribution is -2.11. The summed E-state index contributed by atoms with van der Waals surface area (Å²) in [6.45, 7) is 1.90. The van der Waals surface area contributed by atoms with Gasteiger partial charge < -0.3 is 11.2 Å². The monoisotopic (exact) mass is 109 g/mol. The van der Waals surface area contributed by atoms with Gasteiger partial charge in [0, 0.05) is 0 Å². The first-order valence-corrected chi connectivity index (χ1v) is 2.17. The summed E-state index contributed by atoms with van der Waals surface area (Å²) >= 11 is 0. The number of halogens is 1. The van der Waals surface area contributed by atoms with Crippen molar-refractivity contribution in [3.05, 3.63) is 0 Å². The zero-order chi connectivity index (χ0) is 4.99. The third-order valence-corrected chi connectivity index (χ3v) is 0.564. The van der Waals surface area contributed by atoms with Crippen LogP contribution >= 0.6 is 0 Å². The van der Waals surface area contributed by atoms with Gasteiger partial charge in [0.2, 0.25) is 0 Å². The molecule has 0 spiro atoms. The second-order valence-electron chi connectivity index (χ2n) is 1.30. The van der Waals surface area contributed by atoms with Crippen molar-refractivity contribution in [2.24, 2.45) is 5.73 Å². The lowest BCUT2D eigenvalue weighted by Gasteiger charge is -1.92. The molecule has 2 nitrogen and oxygen atoms in total. The minimum absolute atomic E-state index is 0. The molecule has 0 amide bonds. The molecule has 7 heavy (non-hydrogen) atoms. The maximum atomic E-state index is 11.5. The van der Waals surface area contributed by atoms with Crippen LogP contribution in [-0.2, 0) is 0 Å². The lowest BCUT2D eigenvalue weighted by molar-refractivity contribution is 0.322. The highest BCUT2D eigenvalue weighted by Crippen LogP contribution is 1.90. The molecular weight excluding hydrogens is 97.0 g/mol. The van der Waals surface area contributed by atoms with E-state index >= 15 is 0 Å². The van der Waals surface area contributed by atoms with E-state index in [1.165, 1.54) is 0 Å². The summed E-state index contributed by atoms with van der Waals surface area (Å²) in [6.07, 6.45) is 0.215. The van der Waals surface area contributed by atoms with Gasteiger partial charge in [0.15, 0.2) is 0 Å². The topological polar surface area (TPSA) is 57.5 Å². The number of nitrogens with two attached hydrogens (primary N) is 1. The molecule has 0 saturated carbocycles. The molecule has 0 radical (unpaired) electrons. The van der Waals surface area contributed by atoms with Gasteiger partial charge in [-0.3, -0.25) is 0 Å². The quantitative estimate of drug-likeness (QED) is 0.506. The van der Waals surface area contributed by atoms with Crippen LogP contribution in [0.4, 0.5) is 4.39 Å². The van der Waals surface area contributed by atoms with Gasteiger partial charge in [-0.05, 0) is 6.42 Å². The van der Waals surface area contributed by atoms with E-state index in [-0.39, 0.29) is 5.48 Å². The molecule has 0 aromatic carbocycles. The zero-order valence-corrected chi connectivity index (χ0v) is 4.45. The number of rotatable bonds is 2. The Morgan fingerprint density at radius 1 is 1.71 bits per heavy atom. The highest BCUT2D eigenvalue weighted by molar-refractivity contribution is 4.39. The molecule has 3 heteroatoms. The van der Waals surface area contributed by atoms with Crippen molar-refractivity contribution >= 4 is 0 Å². The Morgan fingerprint density at radius 3 is 2.14 bits per heavy atom. The fourth-order valence-electron chi connectivity index (χ4n) is 0.276. The molecule has 1 atom stereocenters. The minimum atomic E-state index is -1.10. The average Bonchev–Trinajstić information content (AvgIpc) is 1.35. The second kappa shape index (κ2) is 5.85. The predicted molar refractivity (Wildman–Crippen MR) is 27.6 cm³/mol. The molecule has 0 rings (SSSR count). The molecule has 1 unspecified atom stereocenters. The number of alkyl halides is 1. The molecule has 0 fully saturated rings. The Bertz CT molecular complexity index is 32.9. The molecule has 0 aliphatic rings. The molecule has 0 saturated heterocycles. The van der Waals surface area contributed by atoms with Crippen LogP contribution in [0.2, 0.25) is 0 Å². The predicted octanol–water partition coefficient (Wildman–Crippen LogP) is 0.216. The second-order valence-corrected chi connectivity index (χ2v) is 1.30. The molecule has 0 heterocycles. The summed E-state index contributed by atoms with van der Waals surface area (Å²) in [5.41, 5.74) is 4.74. The van der Waals surface area contributed by atoms with Gasteiger partial charge in [-0.1, -0.05) is 13.3 Å².